The van der Waals surface area contributed by atoms with Gasteiger partial charge < -0.3 is 9.32 Å². The predicted molar refractivity (Wildman–Crippen MR) is 218 cm³/mol. The Morgan fingerprint density at radius 1 is 0.365 bits per heavy atom. The van der Waals surface area contributed by atoms with Gasteiger partial charge in [-0.1, -0.05) is 140 Å². The van der Waals surface area contributed by atoms with E-state index in [4.69, 9.17) is 9.40 Å². The summed E-state index contributed by atoms with van der Waals surface area (Å²) in [4.78, 5) is 7.24. The third-order valence-electron chi connectivity index (χ3n) is 10.1. The van der Waals surface area contributed by atoms with E-state index in [0.29, 0.717) is 5.89 Å². The highest BCUT2D eigenvalue weighted by atomic mass is 16.3. The molecule has 10 aromatic rings. The van der Waals surface area contributed by atoms with Crippen LogP contribution in [0.1, 0.15) is 0 Å². The van der Waals surface area contributed by atoms with Crippen LogP contribution in [0.2, 0.25) is 0 Å². The summed E-state index contributed by atoms with van der Waals surface area (Å²) in [5, 5.41) is 6.93. The molecule has 0 saturated heterocycles. The van der Waals surface area contributed by atoms with E-state index in [1.165, 1.54) is 38.2 Å². The number of aromatic nitrogens is 1. The molecule has 0 atom stereocenters. The minimum atomic E-state index is 0.633. The molecule has 0 aliphatic carbocycles. The van der Waals surface area contributed by atoms with Crippen molar-refractivity contribution < 1.29 is 4.42 Å². The van der Waals surface area contributed by atoms with E-state index in [9.17, 15) is 0 Å². The van der Waals surface area contributed by atoms with Gasteiger partial charge in [0.1, 0.15) is 5.52 Å². The zero-order valence-corrected chi connectivity index (χ0v) is 28.3. The molecular weight excluding hydrogens is 633 g/mol. The molecule has 0 aliphatic rings. The molecule has 3 heteroatoms. The van der Waals surface area contributed by atoms with Crippen molar-refractivity contribution in [3.8, 4) is 33.7 Å². The zero-order valence-electron chi connectivity index (χ0n) is 28.3. The molecule has 1 heterocycles. The molecule has 9 aromatic carbocycles. The van der Waals surface area contributed by atoms with Gasteiger partial charge >= 0.3 is 0 Å². The molecule has 0 radical (unpaired) electrons. The van der Waals surface area contributed by atoms with Gasteiger partial charge in [0, 0.05) is 28.0 Å². The van der Waals surface area contributed by atoms with E-state index in [-0.39, 0.29) is 0 Å². The first-order chi connectivity index (χ1) is 25.8. The van der Waals surface area contributed by atoms with Crippen molar-refractivity contribution >= 4 is 60.5 Å². The lowest BCUT2D eigenvalue weighted by Gasteiger charge is -2.26. The fourth-order valence-electron chi connectivity index (χ4n) is 7.53. The maximum Gasteiger partial charge on any atom is 0.227 e. The van der Waals surface area contributed by atoms with Crippen LogP contribution < -0.4 is 4.90 Å². The van der Waals surface area contributed by atoms with Crippen LogP contribution in [0.3, 0.4) is 0 Å². The molecule has 10 rings (SSSR count). The maximum absolute atomic E-state index is 6.54. The van der Waals surface area contributed by atoms with E-state index >= 15 is 0 Å². The average Bonchev–Trinajstić information content (AvgIpc) is 3.67. The molecule has 0 unspecified atom stereocenters. The lowest BCUT2D eigenvalue weighted by molar-refractivity contribution is 0.623. The third kappa shape index (κ3) is 5.19. The van der Waals surface area contributed by atoms with Crippen molar-refractivity contribution in [2.24, 2.45) is 0 Å². The van der Waals surface area contributed by atoms with E-state index in [1.807, 2.05) is 0 Å². The number of para-hydroxylation sites is 1. The van der Waals surface area contributed by atoms with Gasteiger partial charge in [-0.15, -0.1) is 0 Å². The van der Waals surface area contributed by atoms with Crippen LogP contribution in [0.5, 0.6) is 0 Å². The van der Waals surface area contributed by atoms with Gasteiger partial charge in [0.05, 0.1) is 0 Å². The highest BCUT2D eigenvalue weighted by Crippen LogP contribution is 2.41. The SMILES string of the molecule is c1ccc(-c2ccc(N(c3ccccc3)c3ccc4c(-c5cccc6c5ccc5nc(-c7ccc8ccccc8c7)oc56)cccc4c3)cc2)cc1. The molecule has 0 bridgehead atoms. The fraction of sp³-hybridized carbons (Fsp3) is 0. The molecule has 0 amide bonds. The van der Waals surface area contributed by atoms with Gasteiger partial charge in [-0.2, -0.15) is 0 Å². The van der Waals surface area contributed by atoms with Crippen LogP contribution in [-0.2, 0) is 0 Å². The minimum absolute atomic E-state index is 0.633. The molecule has 52 heavy (non-hydrogen) atoms. The van der Waals surface area contributed by atoms with Crippen molar-refractivity contribution in [2.45, 2.75) is 0 Å². The maximum atomic E-state index is 6.54. The summed E-state index contributed by atoms with van der Waals surface area (Å²) >= 11 is 0. The summed E-state index contributed by atoms with van der Waals surface area (Å²) in [6.45, 7) is 0. The van der Waals surface area contributed by atoms with Gasteiger partial charge in [0.25, 0.3) is 0 Å². The summed E-state index contributed by atoms with van der Waals surface area (Å²) in [6.07, 6.45) is 0. The first-order valence-corrected chi connectivity index (χ1v) is 17.6. The van der Waals surface area contributed by atoms with Crippen molar-refractivity contribution in [3.63, 3.8) is 0 Å². The molecule has 244 valence electrons. The molecule has 0 fully saturated rings. The second-order valence-corrected chi connectivity index (χ2v) is 13.2. The number of benzene rings is 9. The molecule has 3 nitrogen and oxygen atoms in total. The monoisotopic (exact) mass is 664 g/mol. The van der Waals surface area contributed by atoms with Crippen molar-refractivity contribution in [3.05, 3.63) is 194 Å². The zero-order chi connectivity index (χ0) is 34.4. The Morgan fingerprint density at radius 2 is 0.981 bits per heavy atom. The number of hydrogen-bond donors (Lipinski definition) is 0. The molecule has 0 saturated carbocycles. The summed E-state index contributed by atoms with van der Waals surface area (Å²) in [5.41, 5.74) is 10.7. The number of rotatable bonds is 6. The van der Waals surface area contributed by atoms with Crippen LogP contribution in [-0.4, -0.2) is 4.98 Å². The standard InChI is InChI=1S/C49H32N2O/c1-3-11-33(12-4-1)35-23-25-40(26-24-35)51(39-16-5-2-6-17-39)41-27-28-42-37(32-41)15-9-18-43(42)44-19-10-20-46-45(44)29-30-47-48(46)52-49(50-47)38-22-21-34-13-7-8-14-36(34)31-38/h1-32H. The Balaban J connectivity index is 1.06. The Bertz CT molecular complexity index is 2890. The highest BCUT2D eigenvalue weighted by Gasteiger charge is 2.17. The average molecular weight is 665 g/mol. The molecular formula is C49H32N2O. The Labute approximate surface area is 301 Å². The second-order valence-electron chi connectivity index (χ2n) is 13.2. The normalized spacial score (nSPS) is 11.5. The van der Waals surface area contributed by atoms with E-state index in [2.05, 4.69) is 199 Å². The molecule has 0 spiro atoms. The fourth-order valence-corrected chi connectivity index (χ4v) is 7.53. The van der Waals surface area contributed by atoms with Gasteiger partial charge in [-0.3, -0.25) is 0 Å². The summed E-state index contributed by atoms with van der Waals surface area (Å²) in [6, 6.07) is 68.8. The van der Waals surface area contributed by atoms with Gasteiger partial charge in [0.15, 0.2) is 5.58 Å². The van der Waals surface area contributed by atoms with Gasteiger partial charge in [0.2, 0.25) is 5.89 Å². The number of anilines is 3. The second kappa shape index (κ2) is 12.4. The molecule has 1 aromatic heterocycles. The van der Waals surface area contributed by atoms with E-state index < -0.39 is 0 Å². The Morgan fingerprint density at radius 3 is 1.81 bits per heavy atom. The first-order valence-electron chi connectivity index (χ1n) is 17.6. The van der Waals surface area contributed by atoms with Crippen LogP contribution >= 0.6 is 0 Å². The van der Waals surface area contributed by atoms with Crippen molar-refractivity contribution in [2.75, 3.05) is 4.90 Å². The third-order valence-corrected chi connectivity index (χ3v) is 10.1. The Kier molecular flexibility index (Phi) is 7.14. The van der Waals surface area contributed by atoms with Crippen LogP contribution in [0.15, 0.2) is 199 Å². The number of oxazole rings is 1. The van der Waals surface area contributed by atoms with Crippen LogP contribution in [0, 0.1) is 0 Å². The van der Waals surface area contributed by atoms with E-state index in [1.54, 1.807) is 0 Å². The topological polar surface area (TPSA) is 29.3 Å². The highest BCUT2D eigenvalue weighted by molar-refractivity contribution is 6.12. The minimum Gasteiger partial charge on any atom is -0.435 e. The summed E-state index contributed by atoms with van der Waals surface area (Å²) < 4.78 is 6.54. The lowest BCUT2D eigenvalue weighted by Crippen LogP contribution is -2.09. The van der Waals surface area contributed by atoms with Crippen molar-refractivity contribution in [1.82, 2.24) is 4.98 Å². The van der Waals surface area contributed by atoms with Crippen molar-refractivity contribution in [1.29, 1.82) is 0 Å². The largest absolute Gasteiger partial charge is 0.435 e. The van der Waals surface area contributed by atoms with Gasteiger partial charge in [-0.25, -0.2) is 4.98 Å². The predicted octanol–water partition coefficient (Wildman–Crippen LogP) is 13.8. The van der Waals surface area contributed by atoms with Crippen LogP contribution in [0.25, 0.3) is 77.1 Å². The smallest absolute Gasteiger partial charge is 0.227 e. The number of fused-ring (bicyclic) bond motifs is 5. The van der Waals surface area contributed by atoms with Gasteiger partial charge in [-0.05, 0) is 104 Å². The first kappa shape index (κ1) is 29.9. The molecule has 0 N–H and O–H groups in total. The lowest BCUT2D eigenvalue weighted by atomic mass is 9.93. The number of nitrogens with zero attached hydrogens (tertiary/aromatic N) is 2. The molecule has 0 aliphatic heterocycles. The summed E-state index contributed by atoms with van der Waals surface area (Å²) in [5.74, 6) is 0.633. The Hall–Kier alpha value is -6.97. The number of hydrogen-bond acceptors (Lipinski definition) is 3. The van der Waals surface area contributed by atoms with E-state index in [0.717, 1.165) is 50.1 Å². The van der Waals surface area contributed by atoms with Crippen LogP contribution in [0.4, 0.5) is 17.1 Å². The summed E-state index contributed by atoms with van der Waals surface area (Å²) in [7, 11) is 0. The quantitative estimate of drug-likeness (QED) is 0.177.